The molecule has 3 rings (SSSR count). The third-order valence-electron chi connectivity index (χ3n) is 2.96. The average molecular weight is 313 g/mol. The van der Waals surface area contributed by atoms with E-state index in [0.29, 0.717) is 21.9 Å². The van der Waals surface area contributed by atoms with Crippen molar-refractivity contribution in [3.63, 3.8) is 0 Å². The van der Waals surface area contributed by atoms with Crippen molar-refractivity contribution >= 4 is 22.9 Å². The summed E-state index contributed by atoms with van der Waals surface area (Å²) in [6.07, 6.45) is -3.50. The lowest BCUT2D eigenvalue weighted by Gasteiger charge is -2.08. The summed E-state index contributed by atoms with van der Waals surface area (Å²) in [6, 6.07) is 6.90. The second-order valence-corrected chi connectivity index (χ2v) is 4.81. The van der Waals surface area contributed by atoms with Crippen LogP contribution in [0, 0.1) is 0 Å². The number of rotatable bonds is 1. The predicted octanol–water partition coefficient (Wildman–Crippen LogP) is 3.65. The van der Waals surface area contributed by atoms with Crippen LogP contribution in [0.5, 0.6) is 0 Å². The van der Waals surface area contributed by atoms with E-state index in [0.717, 1.165) is 12.3 Å². The van der Waals surface area contributed by atoms with E-state index in [1.165, 1.54) is 16.5 Å². The first-order valence-electron chi connectivity index (χ1n) is 5.83. The minimum Gasteiger partial charge on any atom is -0.399 e. The Kier molecular flexibility index (Phi) is 3.02. The molecule has 108 valence electrons. The van der Waals surface area contributed by atoms with Crippen LogP contribution < -0.4 is 5.73 Å². The van der Waals surface area contributed by atoms with Gasteiger partial charge in [-0.05, 0) is 30.3 Å². The zero-order chi connectivity index (χ0) is 15.2. The van der Waals surface area contributed by atoms with Gasteiger partial charge in [0, 0.05) is 17.4 Å². The van der Waals surface area contributed by atoms with Gasteiger partial charge in [-0.15, -0.1) is 10.2 Å². The number of hydrogen-bond acceptors (Lipinski definition) is 3. The predicted molar refractivity (Wildman–Crippen MR) is 72.8 cm³/mol. The second-order valence-electron chi connectivity index (χ2n) is 4.41. The number of benzene rings is 1. The van der Waals surface area contributed by atoms with E-state index in [4.69, 9.17) is 17.3 Å². The minimum atomic E-state index is -4.44. The molecule has 21 heavy (non-hydrogen) atoms. The standard InChI is InChI=1S/C13H8ClF3N4/c14-10-5-8(18)2-3-9(10)12-20-19-11-4-1-7(6-21(11)12)13(15,16)17/h1-6H,18H2. The molecular weight excluding hydrogens is 305 g/mol. The molecule has 0 amide bonds. The van der Waals surface area contributed by atoms with E-state index in [1.54, 1.807) is 12.1 Å². The summed E-state index contributed by atoms with van der Waals surface area (Å²) in [4.78, 5) is 0. The molecule has 4 nitrogen and oxygen atoms in total. The van der Waals surface area contributed by atoms with E-state index in [1.807, 2.05) is 0 Å². The Morgan fingerprint density at radius 1 is 1.10 bits per heavy atom. The van der Waals surface area contributed by atoms with Gasteiger partial charge in [-0.1, -0.05) is 11.6 Å². The van der Waals surface area contributed by atoms with Crippen LogP contribution >= 0.6 is 11.6 Å². The van der Waals surface area contributed by atoms with Crippen LogP contribution in [0.15, 0.2) is 36.5 Å². The van der Waals surface area contributed by atoms with E-state index < -0.39 is 11.7 Å². The number of pyridine rings is 1. The number of anilines is 1. The highest BCUT2D eigenvalue weighted by Gasteiger charge is 2.31. The van der Waals surface area contributed by atoms with Gasteiger partial charge in [-0.3, -0.25) is 4.40 Å². The molecule has 0 atom stereocenters. The summed E-state index contributed by atoms with van der Waals surface area (Å²) in [5, 5.41) is 8.03. The monoisotopic (exact) mass is 312 g/mol. The number of halogens is 4. The van der Waals surface area contributed by atoms with Gasteiger partial charge < -0.3 is 5.73 Å². The lowest BCUT2D eigenvalue weighted by molar-refractivity contribution is -0.137. The van der Waals surface area contributed by atoms with Crippen LogP contribution in [0.2, 0.25) is 5.02 Å². The zero-order valence-electron chi connectivity index (χ0n) is 10.4. The molecule has 0 aliphatic carbocycles. The SMILES string of the molecule is Nc1ccc(-c2nnc3ccc(C(F)(F)F)cn23)c(Cl)c1. The third-order valence-corrected chi connectivity index (χ3v) is 3.28. The number of nitrogens with two attached hydrogens (primary N) is 1. The summed E-state index contributed by atoms with van der Waals surface area (Å²) in [5.74, 6) is 0.223. The van der Waals surface area contributed by atoms with Crippen molar-refractivity contribution in [1.82, 2.24) is 14.6 Å². The summed E-state index contributed by atoms with van der Waals surface area (Å²) in [6.45, 7) is 0. The van der Waals surface area contributed by atoms with Crippen LogP contribution in [0.1, 0.15) is 5.56 Å². The number of hydrogen-bond donors (Lipinski definition) is 1. The highest BCUT2D eigenvalue weighted by atomic mass is 35.5. The number of nitrogens with zero attached hydrogens (tertiary/aromatic N) is 3. The first-order valence-corrected chi connectivity index (χ1v) is 6.21. The van der Waals surface area contributed by atoms with E-state index in [-0.39, 0.29) is 5.82 Å². The molecule has 0 fully saturated rings. The summed E-state index contributed by atoms with van der Waals surface area (Å²) < 4.78 is 39.6. The van der Waals surface area contributed by atoms with Gasteiger partial charge in [0.2, 0.25) is 0 Å². The molecule has 0 aliphatic rings. The van der Waals surface area contributed by atoms with Crippen molar-refractivity contribution in [3.05, 3.63) is 47.1 Å². The van der Waals surface area contributed by atoms with Crippen molar-refractivity contribution in [2.75, 3.05) is 5.73 Å². The molecule has 0 bridgehead atoms. The fourth-order valence-corrected chi connectivity index (χ4v) is 2.23. The molecule has 3 aromatic rings. The molecule has 2 aromatic heterocycles. The van der Waals surface area contributed by atoms with Gasteiger partial charge >= 0.3 is 6.18 Å². The molecule has 0 radical (unpaired) electrons. The van der Waals surface area contributed by atoms with Crippen LogP contribution in [0.3, 0.4) is 0 Å². The van der Waals surface area contributed by atoms with Gasteiger partial charge in [0.1, 0.15) is 0 Å². The number of alkyl halides is 3. The van der Waals surface area contributed by atoms with Crippen LogP contribution in [0.25, 0.3) is 17.0 Å². The quantitative estimate of drug-likeness (QED) is 0.698. The number of fused-ring (bicyclic) bond motifs is 1. The number of nitrogen functional groups attached to an aromatic ring is 1. The maximum Gasteiger partial charge on any atom is 0.417 e. The van der Waals surface area contributed by atoms with Crippen LogP contribution in [0.4, 0.5) is 18.9 Å². The van der Waals surface area contributed by atoms with Gasteiger partial charge in [0.05, 0.1) is 10.6 Å². The Labute approximate surface area is 122 Å². The molecule has 0 saturated carbocycles. The Bertz CT molecular complexity index is 826. The summed E-state index contributed by atoms with van der Waals surface area (Å²) in [7, 11) is 0. The fraction of sp³-hybridized carbons (Fsp3) is 0.0769. The maximum atomic E-state index is 12.8. The van der Waals surface area contributed by atoms with Gasteiger partial charge in [-0.2, -0.15) is 13.2 Å². The fourth-order valence-electron chi connectivity index (χ4n) is 1.95. The van der Waals surface area contributed by atoms with Crippen molar-refractivity contribution in [2.45, 2.75) is 6.18 Å². The molecule has 0 unspecified atom stereocenters. The highest BCUT2D eigenvalue weighted by molar-refractivity contribution is 6.33. The van der Waals surface area contributed by atoms with Gasteiger partial charge in [0.25, 0.3) is 0 Å². The van der Waals surface area contributed by atoms with Crippen molar-refractivity contribution in [3.8, 4) is 11.4 Å². The van der Waals surface area contributed by atoms with Gasteiger partial charge in [-0.25, -0.2) is 0 Å². The van der Waals surface area contributed by atoms with E-state index >= 15 is 0 Å². The smallest absolute Gasteiger partial charge is 0.399 e. The molecule has 8 heteroatoms. The molecule has 2 heterocycles. The molecule has 0 aliphatic heterocycles. The summed E-state index contributed by atoms with van der Waals surface area (Å²) in [5.41, 5.74) is 6.02. The second kappa shape index (κ2) is 4.63. The third kappa shape index (κ3) is 2.40. The van der Waals surface area contributed by atoms with Crippen molar-refractivity contribution < 1.29 is 13.2 Å². The molecule has 0 saturated heterocycles. The van der Waals surface area contributed by atoms with E-state index in [9.17, 15) is 13.2 Å². The van der Waals surface area contributed by atoms with Crippen LogP contribution in [-0.4, -0.2) is 14.6 Å². The molecule has 0 spiro atoms. The Morgan fingerprint density at radius 3 is 2.52 bits per heavy atom. The van der Waals surface area contributed by atoms with Crippen molar-refractivity contribution in [1.29, 1.82) is 0 Å². The molecule has 1 aromatic carbocycles. The number of aromatic nitrogens is 3. The zero-order valence-corrected chi connectivity index (χ0v) is 11.2. The normalized spacial score (nSPS) is 12.0. The first-order chi connectivity index (χ1) is 9.86. The maximum absolute atomic E-state index is 12.8. The summed E-state index contributed by atoms with van der Waals surface area (Å²) >= 11 is 6.07. The largest absolute Gasteiger partial charge is 0.417 e. The Balaban J connectivity index is 2.23. The van der Waals surface area contributed by atoms with Gasteiger partial charge in [0.15, 0.2) is 11.5 Å². The average Bonchev–Trinajstić information content (AvgIpc) is 2.80. The van der Waals surface area contributed by atoms with Crippen molar-refractivity contribution in [2.24, 2.45) is 0 Å². The first kappa shape index (κ1) is 13.7. The van der Waals surface area contributed by atoms with E-state index in [2.05, 4.69) is 10.2 Å². The highest BCUT2D eigenvalue weighted by Crippen LogP contribution is 2.32. The lowest BCUT2D eigenvalue weighted by Crippen LogP contribution is -2.06. The molecular formula is C13H8ClF3N4. The Hall–Kier alpha value is -2.28. The van der Waals surface area contributed by atoms with Crippen LogP contribution in [-0.2, 0) is 6.18 Å². The topological polar surface area (TPSA) is 56.2 Å². The Morgan fingerprint density at radius 2 is 1.86 bits per heavy atom. The lowest BCUT2D eigenvalue weighted by atomic mass is 10.2. The minimum absolute atomic E-state index is 0.223. The molecule has 2 N–H and O–H groups in total.